The molecule has 0 aromatic carbocycles. The van der Waals surface area contributed by atoms with E-state index in [4.69, 9.17) is 15.2 Å². The maximum atomic E-state index is 12.4. The van der Waals surface area contributed by atoms with Crippen LogP contribution >= 0.6 is 27.3 Å². The molecule has 0 saturated carbocycles. The van der Waals surface area contributed by atoms with E-state index >= 15 is 0 Å². The van der Waals surface area contributed by atoms with Gasteiger partial charge in [0, 0.05) is 11.3 Å². The van der Waals surface area contributed by atoms with Gasteiger partial charge in [-0.2, -0.15) is 5.26 Å². The number of carbonyl (C=O) groups is 1. The average molecular weight is 383 g/mol. The first-order valence-electron chi connectivity index (χ1n) is 6.76. The molecule has 116 valence electrons. The molecule has 0 amide bonds. The van der Waals surface area contributed by atoms with Gasteiger partial charge >= 0.3 is 5.97 Å². The Morgan fingerprint density at radius 3 is 2.77 bits per heavy atom. The van der Waals surface area contributed by atoms with Crippen LogP contribution in [0.2, 0.25) is 0 Å². The third-order valence-electron chi connectivity index (χ3n) is 3.19. The van der Waals surface area contributed by atoms with Crippen molar-refractivity contribution >= 4 is 33.2 Å². The Labute approximate surface area is 141 Å². The average Bonchev–Trinajstić information content (AvgIpc) is 2.92. The van der Waals surface area contributed by atoms with Crippen molar-refractivity contribution in [1.29, 1.82) is 5.26 Å². The van der Waals surface area contributed by atoms with Crippen LogP contribution in [0, 0.1) is 11.3 Å². The summed E-state index contributed by atoms with van der Waals surface area (Å²) in [5, 5.41) is 9.44. The molecule has 1 aromatic heterocycles. The second kappa shape index (κ2) is 6.99. The zero-order valence-corrected chi connectivity index (χ0v) is 14.6. The molecule has 2 heterocycles. The number of nitriles is 1. The van der Waals surface area contributed by atoms with Gasteiger partial charge in [-0.3, -0.25) is 0 Å². The van der Waals surface area contributed by atoms with Crippen LogP contribution in [0.5, 0.6) is 0 Å². The van der Waals surface area contributed by atoms with Gasteiger partial charge in [0.2, 0.25) is 5.88 Å². The van der Waals surface area contributed by atoms with Gasteiger partial charge in [0.05, 0.1) is 21.9 Å². The highest BCUT2D eigenvalue weighted by atomic mass is 79.9. The minimum atomic E-state index is -0.552. The summed E-state index contributed by atoms with van der Waals surface area (Å²) in [5.74, 6) is -0.537. The van der Waals surface area contributed by atoms with Crippen LogP contribution in [-0.4, -0.2) is 12.6 Å². The highest BCUT2D eigenvalue weighted by molar-refractivity contribution is 9.11. The summed E-state index contributed by atoms with van der Waals surface area (Å²) in [7, 11) is 0. The number of nitrogens with two attached hydrogens (primary N) is 1. The molecule has 0 bridgehead atoms. The smallest absolute Gasteiger partial charge is 0.338 e. The Morgan fingerprint density at radius 1 is 1.55 bits per heavy atom. The monoisotopic (exact) mass is 382 g/mol. The first-order valence-corrected chi connectivity index (χ1v) is 8.37. The van der Waals surface area contributed by atoms with E-state index in [-0.39, 0.29) is 18.1 Å². The maximum Gasteiger partial charge on any atom is 0.338 e. The Kier molecular flexibility index (Phi) is 5.27. The van der Waals surface area contributed by atoms with Crippen LogP contribution < -0.4 is 5.73 Å². The molecular formula is C15H15BrN2O3S. The number of thiophene rings is 1. The van der Waals surface area contributed by atoms with E-state index in [1.165, 1.54) is 11.3 Å². The van der Waals surface area contributed by atoms with Gasteiger partial charge < -0.3 is 15.2 Å². The predicted molar refractivity (Wildman–Crippen MR) is 86.6 cm³/mol. The van der Waals surface area contributed by atoms with E-state index in [0.29, 0.717) is 17.8 Å². The summed E-state index contributed by atoms with van der Waals surface area (Å²) in [5.41, 5.74) is 6.45. The third kappa shape index (κ3) is 3.03. The molecular weight excluding hydrogens is 368 g/mol. The van der Waals surface area contributed by atoms with Crippen molar-refractivity contribution in [3.63, 3.8) is 0 Å². The number of esters is 1. The van der Waals surface area contributed by atoms with Gasteiger partial charge in [-0.25, -0.2) is 4.79 Å². The highest BCUT2D eigenvalue weighted by Crippen LogP contribution is 2.43. The number of rotatable bonds is 4. The molecule has 1 aromatic rings. The standard InChI is InChI=1S/C15H15BrN2O3S/c1-3-9-13(15(19)20-4-2)12(8(7-17)14(18)21-9)10-5-6-11(16)22-10/h5-6,12H,3-4,18H2,1-2H3/t12-/m1/s1. The van der Waals surface area contributed by atoms with E-state index in [1.807, 2.05) is 19.1 Å². The lowest BCUT2D eigenvalue weighted by molar-refractivity contribution is -0.139. The Morgan fingerprint density at radius 2 is 2.27 bits per heavy atom. The molecule has 1 aliphatic rings. The van der Waals surface area contributed by atoms with E-state index < -0.39 is 11.9 Å². The van der Waals surface area contributed by atoms with E-state index in [0.717, 1.165) is 8.66 Å². The lowest BCUT2D eigenvalue weighted by atomic mass is 9.87. The normalized spacial score (nSPS) is 18.0. The van der Waals surface area contributed by atoms with Crippen molar-refractivity contribution in [3.05, 3.63) is 43.6 Å². The quantitative estimate of drug-likeness (QED) is 0.804. The van der Waals surface area contributed by atoms with Crippen molar-refractivity contribution in [3.8, 4) is 6.07 Å². The predicted octanol–water partition coefficient (Wildman–Crippen LogP) is 3.55. The Bertz CT molecular complexity index is 700. The van der Waals surface area contributed by atoms with Crippen LogP contribution in [-0.2, 0) is 14.3 Å². The molecule has 1 atom stereocenters. The lowest BCUT2D eigenvalue weighted by Crippen LogP contribution is -2.25. The van der Waals surface area contributed by atoms with Crippen LogP contribution in [0.15, 0.2) is 38.7 Å². The molecule has 2 rings (SSSR count). The molecule has 22 heavy (non-hydrogen) atoms. The number of allylic oxidation sites excluding steroid dienone is 2. The fourth-order valence-electron chi connectivity index (χ4n) is 2.28. The molecule has 5 nitrogen and oxygen atoms in total. The summed E-state index contributed by atoms with van der Waals surface area (Å²) >= 11 is 4.85. The fraction of sp³-hybridized carbons (Fsp3) is 0.333. The lowest BCUT2D eigenvalue weighted by Gasteiger charge is -2.26. The number of hydrogen-bond acceptors (Lipinski definition) is 6. The Balaban J connectivity index is 2.62. The van der Waals surface area contributed by atoms with Crippen LogP contribution in [0.4, 0.5) is 0 Å². The summed E-state index contributed by atoms with van der Waals surface area (Å²) in [4.78, 5) is 13.2. The molecule has 7 heteroatoms. The zero-order valence-electron chi connectivity index (χ0n) is 12.2. The molecule has 2 N–H and O–H groups in total. The van der Waals surface area contributed by atoms with Crippen molar-refractivity contribution in [1.82, 2.24) is 0 Å². The summed E-state index contributed by atoms with van der Waals surface area (Å²) in [6, 6.07) is 5.80. The maximum absolute atomic E-state index is 12.4. The van der Waals surface area contributed by atoms with Crippen molar-refractivity contribution in [2.45, 2.75) is 26.2 Å². The molecule has 0 radical (unpaired) electrons. The van der Waals surface area contributed by atoms with Gasteiger partial charge in [-0.05, 0) is 35.0 Å². The largest absolute Gasteiger partial charge is 0.463 e. The second-order valence-electron chi connectivity index (χ2n) is 4.48. The second-order valence-corrected chi connectivity index (χ2v) is 6.97. The first kappa shape index (κ1) is 16.6. The van der Waals surface area contributed by atoms with Gasteiger partial charge in [-0.1, -0.05) is 6.92 Å². The van der Waals surface area contributed by atoms with Crippen LogP contribution in [0.3, 0.4) is 0 Å². The van der Waals surface area contributed by atoms with E-state index in [1.54, 1.807) is 6.92 Å². The van der Waals surface area contributed by atoms with Gasteiger partial charge in [-0.15, -0.1) is 11.3 Å². The van der Waals surface area contributed by atoms with Crippen LogP contribution in [0.25, 0.3) is 0 Å². The highest BCUT2D eigenvalue weighted by Gasteiger charge is 2.37. The number of nitrogens with zero attached hydrogens (tertiary/aromatic N) is 1. The van der Waals surface area contributed by atoms with Crippen molar-refractivity contribution in [2.24, 2.45) is 5.73 Å². The minimum Gasteiger partial charge on any atom is -0.463 e. The van der Waals surface area contributed by atoms with E-state index in [9.17, 15) is 10.1 Å². The summed E-state index contributed by atoms with van der Waals surface area (Å²) in [6.45, 7) is 3.85. The third-order valence-corrected chi connectivity index (χ3v) is 4.88. The van der Waals surface area contributed by atoms with Crippen molar-refractivity contribution in [2.75, 3.05) is 6.61 Å². The molecule has 0 aliphatic carbocycles. The van der Waals surface area contributed by atoms with Gasteiger partial charge in [0.25, 0.3) is 0 Å². The molecule has 0 saturated heterocycles. The Hall–Kier alpha value is -1.78. The number of hydrogen-bond donors (Lipinski definition) is 1. The number of ether oxygens (including phenoxy) is 2. The first-order chi connectivity index (χ1) is 10.5. The number of carbonyl (C=O) groups excluding carboxylic acids is 1. The molecule has 0 unspecified atom stereocenters. The molecule has 0 spiro atoms. The topological polar surface area (TPSA) is 85.3 Å². The van der Waals surface area contributed by atoms with Gasteiger partial charge in [0.15, 0.2) is 0 Å². The van der Waals surface area contributed by atoms with Crippen LogP contribution in [0.1, 0.15) is 31.1 Å². The van der Waals surface area contributed by atoms with Crippen molar-refractivity contribution < 1.29 is 14.3 Å². The summed E-state index contributed by atoms with van der Waals surface area (Å²) in [6.07, 6.45) is 0.483. The van der Waals surface area contributed by atoms with E-state index in [2.05, 4.69) is 22.0 Å². The number of halogens is 1. The molecule has 1 aliphatic heterocycles. The summed E-state index contributed by atoms with van der Waals surface area (Å²) < 4.78 is 11.5. The fourth-order valence-corrected chi connectivity index (χ4v) is 3.82. The van der Waals surface area contributed by atoms with Gasteiger partial charge in [0.1, 0.15) is 17.4 Å². The SMILES string of the molecule is CCOC(=O)C1=C(CC)OC(N)=C(C#N)[C@@H]1c1ccc(Br)s1. The zero-order chi connectivity index (χ0) is 16.3. The molecule has 0 fully saturated rings. The minimum absolute atomic E-state index is 0.0434.